The Balaban J connectivity index is 2.10. The summed E-state index contributed by atoms with van der Waals surface area (Å²) in [5.41, 5.74) is 1.80. The molecule has 0 unspecified atom stereocenters. The minimum atomic E-state index is -4.07. The smallest absolute Gasteiger partial charge is 0.297 e. The van der Waals surface area contributed by atoms with Crippen LogP contribution in [0.2, 0.25) is 0 Å². The maximum atomic E-state index is 12.5. The van der Waals surface area contributed by atoms with Crippen LogP contribution in [0, 0.1) is 19.8 Å². The van der Waals surface area contributed by atoms with Crippen LogP contribution in [0.25, 0.3) is 0 Å². The number of hydrogen-bond acceptors (Lipinski definition) is 8. The standard InChI is InChI=1S/C22H30O8S2/c1-16-6-10-19(11-7-16)31(24,25)28-14-18(3)21(30-22(4,5)23)15-29-32(26,27)20-12-8-17(2)9-13-20/h6-13,18,21,23H,14-15H2,1-5H3/t18-,21-/m0/s1. The van der Waals surface area contributed by atoms with Gasteiger partial charge in [0.2, 0.25) is 0 Å². The minimum Gasteiger partial charge on any atom is -0.366 e. The average Bonchev–Trinajstić information content (AvgIpc) is 2.69. The van der Waals surface area contributed by atoms with E-state index in [1.54, 1.807) is 31.2 Å². The SMILES string of the molecule is Cc1ccc(S(=O)(=O)OC[C@H](OC(C)(C)O)[C@@H](C)COS(=O)(=O)c2ccc(C)cc2)cc1. The molecule has 0 aliphatic carbocycles. The molecule has 0 saturated heterocycles. The highest BCUT2D eigenvalue weighted by molar-refractivity contribution is 7.87. The quantitative estimate of drug-likeness (QED) is 0.380. The van der Waals surface area contributed by atoms with Crippen molar-refractivity contribution in [3.8, 4) is 0 Å². The molecule has 0 heterocycles. The van der Waals surface area contributed by atoms with Crippen LogP contribution in [0.5, 0.6) is 0 Å². The van der Waals surface area contributed by atoms with Crippen molar-refractivity contribution < 1.29 is 35.0 Å². The van der Waals surface area contributed by atoms with Crippen LogP contribution < -0.4 is 0 Å². The van der Waals surface area contributed by atoms with Crippen molar-refractivity contribution in [2.45, 2.75) is 56.3 Å². The number of hydrogen-bond donors (Lipinski definition) is 1. The van der Waals surface area contributed by atoms with Crippen LogP contribution in [0.15, 0.2) is 58.3 Å². The second-order valence-electron chi connectivity index (χ2n) is 8.18. The van der Waals surface area contributed by atoms with Crippen molar-refractivity contribution in [2.75, 3.05) is 13.2 Å². The second kappa shape index (κ2) is 10.4. The van der Waals surface area contributed by atoms with Crippen molar-refractivity contribution >= 4 is 20.2 Å². The van der Waals surface area contributed by atoms with Crippen LogP contribution in [-0.4, -0.2) is 47.0 Å². The third-order valence-electron chi connectivity index (χ3n) is 4.57. The zero-order valence-corrected chi connectivity index (χ0v) is 20.4. The molecule has 8 nitrogen and oxygen atoms in total. The van der Waals surface area contributed by atoms with Gasteiger partial charge in [0.15, 0.2) is 5.79 Å². The highest BCUT2D eigenvalue weighted by atomic mass is 32.2. The summed E-state index contributed by atoms with van der Waals surface area (Å²) in [5, 5.41) is 10.1. The fraction of sp³-hybridized carbons (Fsp3) is 0.455. The van der Waals surface area contributed by atoms with Gasteiger partial charge in [-0.05, 0) is 52.0 Å². The molecule has 0 aliphatic rings. The van der Waals surface area contributed by atoms with E-state index in [0.29, 0.717) is 0 Å². The van der Waals surface area contributed by atoms with Crippen molar-refractivity contribution in [1.82, 2.24) is 0 Å². The molecule has 2 aromatic rings. The van der Waals surface area contributed by atoms with Gasteiger partial charge in [0, 0.05) is 5.92 Å². The molecule has 0 saturated carbocycles. The minimum absolute atomic E-state index is 0.00783. The van der Waals surface area contributed by atoms with E-state index in [1.807, 2.05) is 13.8 Å². The first-order chi connectivity index (χ1) is 14.7. The predicted molar refractivity (Wildman–Crippen MR) is 119 cm³/mol. The molecule has 0 spiro atoms. The molecule has 0 radical (unpaired) electrons. The highest BCUT2D eigenvalue weighted by Gasteiger charge is 2.30. The van der Waals surface area contributed by atoms with Crippen LogP contribution >= 0.6 is 0 Å². The van der Waals surface area contributed by atoms with Gasteiger partial charge in [-0.3, -0.25) is 8.37 Å². The summed E-state index contributed by atoms with van der Waals surface area (Å²) < 4.78 is 65.7. The summed E-state index contributed by atoms with van der Waals surface area (Å²) in [4.78, 5) is -0.00980. The Morgan fingerprint density at radius 1 is 0.781 bits per heavy atom. The molecule has 0 fully saturated rings. The molecule has 2 rings (SSSR count). The van der Waals surface area contributed by atoms with E-state index in [0.717, 1.165) is 11.1 Å². The Morgan fingerprint density at radius 3 is 1.53 bits per heavy atom. The van der Waals surface area contributed by atoms with Crippen LogP contribution in [0.3, 0.4) is 0 Å². The number of benzene rings is 2. The first kappa shape index (κ1) is 26.4. The van der Waals surface area contributed by atoms with Gasteiger partial charge in [0.25, 0.3) is 20.2 Å². The lowest BCUT2D eigenvalue weighted by molar-refractivity contribution is -0.222. The van der Waals surface area contributed by atoms with E-state index in [9.17, 15) is 21.9 Å². The summed E-state index contributed by atoms with van der Waals surface area (Å²) in [5.74, 6) is -2.24. The van der Waals surface area contributed by atoms with Gasteiger partial charge in [-0.2, -0.15) is 16.8 Å². The second-order valence-corrected chi connectivity index (χ2v) is 11.4. The van der Waals surface area contributed by atoms with Gasteiger partial charge in [0.05, 0.1) is 29.1 Å². The fourth-order valence-electron chi connectivity index (χ4n) is 2.69. The van der Waals surface area contributed by atoms with E-state index in [-0.39, 0.29) is 16.4 Å². The van der Waals surface area contributed by atoms with Gasteiger partial charge in [-0.25, -0.2) is 0 Å². The number of rotatable bonds is 11. The summed E-state index contributed by atoms with van der Waals surface area (Å²) in [7, 11) is -8.09. The zero-order valence-electron chi connectivity index (χ0n) is 18.8. The molecule has 0 amide bonds. The molecule has 2 aromatic carbocycles. The summed E-state index contributed by atoms with van der Waals surface area (Å²) >= 11 is 0. The van der Waals surface area contributed by atoms with Crippen molar-refractivity contribution in [3.63, 3.8) is 0 Å². The monoisotopic (exact) mass is 486 g/mol. The van der Waals surface area contributed by atoms with E-state index < -0.39 is 44.7 Å². The lowest BCUT2D eigenvalue weighted by Gasteiger charge is -2.30. The molecular weight excluding hydrogens is 456 g/mol. The first-order valence-corrected chi connectivity index (χ1v) is 12.8. The molecule has 0 aliphatic heterocycles. The van der Waals surface area contributed by atoms with Gasteiger partial charge < -0.3 is 9.84 Å². The largest absolute Gasteiger partial charge is 0.366 e. The lowest BCUT2D eigenvalue weighted by atomic mass is 10.1. The average molecular weight is 487 g/mol. The molecule has 0 bridgehead atoms. The van der Waals surface area contributed by atoms with Crippen molar-refractivity contribution in [3.05, 3.63) is 59.7 Å². The van der Waals surface area contributed by atoms with Gasteiger partial charge >= 0.3 is 0 Å². The first-order valence-electron chi connectivity index (χ1n) is 10.0. The Kier molecular flexibility index (Phi) is 8.60. The number of aryl methyl sites for hydroxylation is 2. The Bertz CT molecular complexity index is 1080. The van der Waals surface area contributed by atoms with Gasteiger partial charge in [-0.15, -0.1) is 0 Å². The summed E-state index contributed by atoms with van der Waals surface area (Å²) in [6.07, 6.45) is -0.969. The lowest BCUT2D eigenvalue weighted by Crippen LogP contribution is -2.39. The number of aliphatic hydroxyl groups is 1. The molecule has 2 atom stereocenters. The van der Waals surface area contributed by atoms with E-state index >= 15 is 0 Å². The van der Waals surface area contributed by atoms with Crippen LogP contribution in [-0.2, 0) is 33.3 Å². The molecule has 32 heavy (non-hydrogen) atoms. The molecule has 0 aromatic heterocycles. The Hall–Kier alpha value is -1.82. The zero-order chi connectivity index (χ0) is 24.2. The summed E-state index contributed by atoms with van der Waals surface area (Å²) in [6, 6.07) is 12.3. The Labute approximate surface area is 190 Å². The molecule has 1 N–H and O–H groups in total. The maximum Gasteiger partial charge on any atom is 0.297 e. The predicted octanol–water partition coefficient (Wildman–Crippen LogP) is 3.16. The fourth-order valence-corrected chi connectivity index (χ4v) is 4.61. The number of ether oxygens (including phenoxy) is 1. The van der Waals surface area contributed by atoms with Crippen LogP contribution in [0.4, 0.5) is 0 Å². The van der Waals surface area contributed by atoms with E-state index in [1.165, 1.54) is 38.1 Å². The van der Waals surface area contributed by atoms with Gasteiger partial charge in [-0.1, -0.05) is 42.3 Å². The molecule has 178 valence electrons. The maximum absolute atomic E-state index is 12.5. The van der Waals surface area contributed by atoms with E-state index in [2.05, 4.69) is 0 Å². The summed E-state index contributed by atoms with van der Waals surface area (Å²) in [6.45, 7) is 7.30. The van der Waals surface area contributed by atoms with Crippen molar-refractivity contribution in [1.29, 1.82) is 0 Å². The third-order valence-corrected chi connectivity index (χ3v) is 7.16. The molecular formula is C22H30O8S2. The third kappa shape index (κ3) is 7.95. The topological polar surface area (TPSA) is 116 Å². The normalized spacial score (nSPS) is 14.8. The van der Waals surface area contributed by atoms with Crippen molar-refractivity contribution in [2.24, 2.45) is 5.92 Å². The highest BCUT2D eigenvalue weighted by Crippen LogP contribution is 2.21. The van der Waals surface area contributed by atoms with E-state index in [4.69, 9.17) is 13.1 Å². The van der Waals surface area contributed by atoms with Gasteiger partial charge in [0.1, 0.15) is 0 Å². The Morgan fingerprint density at radius 2 is 1.16 bits per heavy atom. The van der Waals surface area contributed by atoms with Crippen LogP contribution in [0.1, 0.15) is 31.9 Å². The molecule has 10 heteroatoms.